The van der Waals surface area contributed by atoms with E-state index in [1.807, 2.05) is 6.07 Å². The number of carbonyl (C=O) groups excluding carboxylic acids is 1. The number of rotatable bonds is 2. The second-order valence-corrected chi connectivity index (χ2v) is 8.01. The van der Waals surface area contributed by atoms with Crippen molar-refractivity contribution in [1.82, 2.24) is 9.88 Å². The fourth-order valence-corrected chi connectivity index (χ4v) is 4.81. The molecule has 2 aliphatic rings. The van der Waals surface area contributed by atoms with Crippen LogP contribution in [0.5, 0.6) is 0 Å². The van der Waals surface area contributed by atoms with Gasteiger partial charge in [0, 0.05) is 29.1 Å². The van der Waals surface area contributed by atoms with Gasteiger partial charge in [0.15, 0.2) is 0 Å². The fraction of sp³-hybridized carbons (Fsp3) is 0.571. The number of aromatic amines is 1. The number of carbonyl (C=O) groups is 1. The molecule has 25 heavy (non-hydrogen) atoms. The van der Waals surface area contributed by atoms with Crippen LogP contribution in [0.2, 0.25) is 0 Å². The van der Waals surface area contributed by atoms with E-state index in [1.54, 1.807) is 6.07 Å². The summed E-state index contributed by atoms with van der Waals surface area (Å²) in [7, 11) is 0. The molecule has 1 aromatic carbocycles. The Hall–Kier alpha value is -1.84. The second-order valence-electron chi connectivity index (χ2n) is 8.01. The third kappa shape index (κ3) is 2.86. The van der Waals surface area contributed by atoms with Crippen LogP contribution in [-0.2, 0) is 11.2 Å². The van der Waals surface area contributed by atoms with Gasteiger partial charge >= 0.3 is 0 Å². The van der Waals surface area contributed by atoms with E-state index in [9.17, 15) is 9.18 Å². The molecule has 1 amide bonds. The van der Waals surface area contributed by atoms with Gasteiger partial charge in [-0.1, -0.05) is 33.1 Å². The molecule has 134 valence electrons. The maximum absolute atomic E-state index is 13.7. The van der Waals surface area contributed by atoms with Crippen molar-refractivity contribution in [2.75, 3.05) is 6.54 Å². The first kappa shape index (κ1) is 16.6. The Morgan fingerprint density at radius 3 is 2.72 bits per heavy atom. The lowest BCUT2D eigenvalue weighted by atomic mass is 9.85. The van der Waals surface area contributed by atoms with Gasteiger partial charge in [0.25, 0.3) is 0 Å². The summed E-state index contributed by atoms with van der Waals surface area (Å²) in [5.41, 5.74) is 3.29. The average molecular weight is 342 g/mol. The highest BCUT2D eigenvalue weighted by atomic mass is 19.1. The van der Waals surface area contributed by atoms with E-state index >= 15 is 0 Å². The standard InChI is InChI=1S/C21H27FN2O/c1-13(2)20-19-16(17-12-15(22)8-9-18(17)23-19)10-11-24(20)21(25)14-6-4-3-5-7-14/h8-9,12-14,20,23H,3-7,10-11H2,1-2H3. The van der Waals surface area contributed by atoms with Gasteiger partial charge in [-0.25, -0.2) is 4.39 Å². The van der Waals surface area contributed by atoms with Crippen molar-refractivity contribution in [2.24, 2.45) is 11.8 Å². The van der Waals surface area contributed by atoms with Gasteiger partial charge in [-0.15, -0.1) is 0 Å². The molecular weight excluding hydrogens is 315 g/mol. The van der Waals surface area contributed by atoms with E-state index in [2.05, 4.69) is 23.7 Å². The number of halogens is 1. The topological polar surface area (TPSA) is 36.1 Å². The largest absolute Gasteiger partial charge is 0.356 e. The van der Waals surface area contributed by atoms with Gasteiger partial charge in [0.2, 0.25) is 5.91 Å². The number of H-pyrrole nitrogens is 1. The Bertz CT molecular complexity index is 789. The number of nitrogens with one attached hydrogen (secondary N) is 1. The van der Waals surface area contributed by atoms with Gasteiger partial charge in [-0.2, -0.15) is 0 Å². The highest BCUT2D eigenvalue weighted by Gasteiger charge is 2.37. The first-order valence-corrected chi connectivity index (χ1v) is 9.66. The van der Waals surface area contributed by atoms with Crippen molar-refractivity contribution in [3.05, 3.63) is 35.3 Å². The molecule has 3 nitrogen and oxygen atoms in total. The number of amides is 1. The molecule has 1 aromatic heterocycles. The Balaban J connectivity index is 1.72. The van der Waals surface area contributed by atoms with E-state index < -0.39 is 0 Å². The fourth-order valence-electron chi connectivity index (χ4n) is 4.81. The summed E-state index contributed by atoms with van der Waals surface area (Å²) in [6.07, 6.45) is 6.48. The molecule has 1 N–H and O–H groups in total. The van der Waals surface area contributed by atoms with E-state index in [-0.39, 0.29) is 17.8 Å². The molecule has 1 saturated carbocycles. The predicted molar refractivity (Wildman–Crippen MR) is 97.8 cm³/mol. The van der Waals surface area contributed by atoms with Gasteiger partial charge < -0.3 is 9.88 Å². The highest BCUT2D eigenvalue weighted by Crippen LogP contribution is 2.40. The van der Waals surface area contributed by atoms with Crippen molar-refractivity contribution in [3.8, 4) is 0 Å². The van der Waals surface area contributed by atoms with Gasteiger partial charge in [0.05, 0.1) is 6.04 Å². The summed E-state index contributed by atoms with van der Waals surface area (Å²) in [5.74, 6) is 0.646. The molecule has 1 fully saturated rings. The first-order valence-electron chi connectivity index (χ1n) is 9.66. The monoisotopic (exact) mass is 342 g/mol. The Labute approximate surface area is 148 Å². The minimum atomic E-state index is -0.198. The SMILES string of the molecule is CC(C)C1c2[nH]c3ccc(F)cc3c2CCN1C(=O)C1CCCCC1. The molecule has 4 rings (SSSR count). The molecule has 2 aromatic rings. The number of hydrogen-bond donors (Lipinski definition) is 1. The van der Waals surface area contributed by atoms with Crippen molar-refractivity contribution in [3.63, 3.8) is 0 Å². The maximum atomic E-state index is 13.7. The van der Waals surface area contributed by atoms with Crippen LogP contribution in [0, 0.1) is 17.7 Å². The summed E-state index contributed by atoms with van der Waals surface area (Å²) >= 11 is 0. The molecular formula is C21H27FN2O. The van der Waals surface area contributed by atoms with E-state index in [1.165, 1.54) is 30.9 Å². The van der Waals surface area contributed by atoms with Crippen molar-refractivity contribution < 1.29 is 9.18 Å². The molecule has 1 unspecified atom stereocenters. The number of hydrogen-bond acceptors (Lipinski definition) is 1. The van der Waals surface area contributed by atoms with Crippen LogP contribution in [0.25, 0.3) is 10.9 Å². The van der Waals surface area contributed by atoms with Crippen LogP contribution in [0.3, 0.4) is 0 Å². The van der Waals surface area contributed by atoms with Crippen molar-refractivity contribution in [2.45, 2.75) is 58.4 Å². The molecule has 1 atom stereocenters. The summed E-state index contributed by atoms with van der Waals surface area (Å²) in [4.78, 5) is 18.8. The number of benzene rings is 1. The highest BCUT2D eigenvalue weighted by molar-refractivity contribution is 5.86. The lowest BCUT2D eigenvalue weighted by Gasteiger charge is -2.40. The van der Waals surface area contributed by atoms with Crippen LogP contribution < -0.4 is 0 Å². The molecule has 2 heterocycles. The normalized spacial score (nSPS) is 21.8. The Morgan fingerprint density at radius 2 is 2.00 bits per heavy atom. The lowest BCUT2D eigenvalue weighted by Crippen LogP contribution is -2.45. The molecule has 4 heteroatoms. The maximum Gasteiger partial charge on any atom is 0.226 e. The van der Waals surface area contributed by atoms with Crippen molar-refractivity contribution >= 4 is 16.8 Å². The first-order chi connectivity index (χ1) is 12.1. The quantitative estimate of drug-likeness (QED) is 0.822. The molecule has 1 aliphatic heterocycles. The number of fused-ring (bicyclic) bond motifs is 3. The van der Waals surface area contributed by atoms with Crippen LogP contribution in [-0.4, -0.2) is 22.3 Å². The second kappa shape index (κ2) is 6.47. The minimum absolute atomic E-state index is 0.0636. The summed E-state index contributed by atoms with van der Waals surface area (Å²) in [6, 6.07) is 5.00. The van der Waals surface area contributed by atoms with Crippen LogP contribution in [0.1, 0.15) is 63.3 Å². The van der Waals surface area contributed by atoms with E-state index in [4.69, 9.17) is 0 Å². The molecule has 0 bridgehead atoms. The zero-order valence-electron chi connectivity index (χ0n) is 15.1. The minimum Gasteiger partial charge on any atom is -0.356 e. The summed E-state index contributed by atoms with van der Waals surface area (Å²) in [6.45, 7) is 5.09. The number of aromatic nitrogens is 1. The zero-order chi connectivity index (χ0) is 17.6. The smallest absolute Gasteiger partial charge is 0.226 e. The van der Waals surface area contributed by atoms with E-state index in [0.717, 1.165) is 42.4 Å². The predicted octanol–water partition coefficient (Wildman–Crippen LogP) is 4.97. The summed E-state index contributed by atoms with van der Waals surface area (Å²) in [5, 5.41) is 0.977. The van der Waals surface area contributed by atoms with Gasteiger partial charge in [0.1, 0.15) is 5.82 Å². The van der Waals surface area contributed by atoms with Gasteiger partial charge in [-0.05, 0) is 48.9 Å². The van der Waals surface area contributed by atoms with Crippen LogP contribution in [0.15, 0.2) is 18.2 Å². The lowest BCUT2D eigenvalue weighted by molar-refractivity contribution is -0.140. The van der Waals surface area contributed by atoms with E-state index in [0.29, 0.717) is 11.8 Å². The molecule has 1 aliphatic carbocycles. The molecule has 0 radical (unpaired) electrons. The Kier molecular flexibility index (Phi) is 4.30. The number of nitrogens with zero attached hydrogens (tertiary/aromatic N) is 1. The molecule has 0 saturated heterocycles. The third-order valence-corrected chi connectivity index (χ3v) is 6.00. The molecule has 0 spiro atoms. The Morgan fingerprint density at radius 1 is 1.24 bits per heavy atom. The van der Waals surface area contributed by atoms with Crippen LogP contribution in [0.4, 0.5) is 4.39 Å². The van der Waals surface area contributed by atoms with Gasteiger partial charge in [-0.3, -0.25) is 4.79 Å². The third-order valence-electron chi connectivity index (χ3n) is 6.00. The average Bonchev–Trinajstić information content (AvgIpc) is 2.98. The van der Waals surface area contributed by atoms with Crippen molar-refractivity contribution in [1.29, 1.82) is 0 Å². The van der Waals surface area contributed by atoms with Crippen LogP contribution >= 0.6 is 0 Å². The zero-order valence-corrected chi connectivity index (χ0v) is 15.1. The summed E-state index contributed by atoms with van der Waals surface area (Å²) < 4.78 is 13.7.